The van der Waals surface area contributed by atoms with Crippen molar-refractivity contribution in [1.82, 2.24) is 20.1 Å². The van der Waals surface area contributed by atoms with Crippen LogP contribution in [0.2, 0.25) is 0 Å². The second-order valence-electron chi connectivity index (χ2n) is 4.73. The van der Waals surface area contributed by atoms with Gasteiger partial charge in [-0.3, -0.25) is 0 Å². The van der Waals surface area contributed by atoms with Crippen molar-refractivity contribution in [3.8, 4) is 0 Å². The quantitative estimate of drug-likeness (QED) is 0.533. The molecule has 2 rings (SSSR count). The van der Waals surface area contributed by atoms with Gasteiger partial charge in [0.1, 0.15) is 17.5 Å². The summed E-state index contributed by atoms with van der Waals surface area (Å²) >= 11 is 0. The Bertz CT molecular complexity index is 553. The fourth-order valence-electron chi connectivity index (χ4n) is 1.70. The molecular formula is C12H19N7O. The Morgan fingerprint density at radius 2 is 2.05 bits per heavy atom. The molecule has 0 aliphatic carbocycles. The van der Waals surface area contributed by atoms with Crippen molar-refractivity contribution in [3.63, 3.8) is 0 Å². The predicted molar refractivity (Wildman–Crippen MR) is 75.2 cm³/mol. The first-order valence-corrected chi connectivity index (χ1v) is 6.46. The van der Waals surface area contributed by atoms with Crippen LogP contribution in [0.15, 0.2) is 10.9 Å². The van der Waals surface area contributed by atoms with Gasteiger partial charge in [-0.05, 0) is 6.92 Å². The standard InChI is InChI=1S/C12H19N7O/c1-7(2)10-16-11(8(3)12(17-10)18-13)14-5-4-9-15-6-20-19-9/h6-7H,4-5,13H2,1-3H3,(H2,14,16,17,18). The van der Waals surface area contributed by atoms with Gasteiger partial charge < -0.3 is 15.3 Å². The van der Waals surface area contributed by atoms with E-state index in [9.17, 15) is 0 Å². The Kier molecular flexibility index (Phi) is 4.46. The van der Waals surface area contributed by atoms with Gasteiger partial charge >= 0.3 is 0 Å². The Morgan fingerprint density at radius 3 is 2.65 bits per heavy atom. The highest BCUT2D eigenvalue weighted by Gasteiger charge is 2.12. The zero-order valence-electron chi connectivity index (χ0n) is 11.8. The molecule has 8 heteroatoms. The molecule has 20 heavy (non-hydrogen) atoms. The van der Waals surface area contributed by atoms with E-state index in [2.05, 4.69) is 35.4 Å². The topological polar surface area (TPSA) is 115 Å². The molecule has 8 nitrogen and oxygen atoms in total. The third-order valence-corrected chi connectivity index (χ3v) is 2.86. The molecule has 2 aromatic heterocycles. The van der Waals surface area contributed by atoms with Gasteiger partial charge in [-0.2, -0.15) is 4.98 Å². The number of aromatic nitrogens is 4. The molecular weight excluding hydrogens is 258 g/mol. The van der Waals surface area contributed by atoms with Crippen LogP contribution >= 0.6 is 0 Å². The number of nitrogens with zero attached hydrogens (tertiary/aromatic N) is 4. The van der Waals surface area contributed by atoms with Gasteiger partial charge in [0.15, 0.2) is 5.82 Å². The number of nitrogens with two attached hydrogens (primary N) is 1. The van der Waals surface area contributed by atoms with Crippen molar-refractivity contribution < 1.29 is 4.52 Å². The summed E-state index contributed by atoms with van der Waals surface area (Å²) in [5.41, 5.74) is 3.48. The number of hydrazine groups is 1. The van der Waals surface area contributed by atoms with E-state index >= 15 is 0 Å². The van der Waals surface area contributed by atoms with Crippen molar-refractivity contribution in [2.45, 2.75) is 33.1 Å². The van der Waals surface area contributed by atoms with Crippen LogP contribution in [0.25, 0.3) is 0 Å². The average Bonchev–Trinajstić information content (AvgIpc) is 2.93. The van der Waals surface area contributed by atoms with Crippen LogP contribution in [0.5, 0.6) is 0 Å². The van der Waals surface area contributed by atoms with Gasteiger partial charge in [0.2, 0.25) is 6.39 Å². The summed E-state index contributed by atoms with van der Waals surface area (Å²) in [5.74, 6) is 8.51. The van der Waals surface area contributed by atoms with Crippen LogP contribution in [0.4, 0.5) is 11.6 Å². The molecule has 0 aliphatic rings. The van der Waals surface area contributed by atoms with Crippen molar-refractivity contribution in [2.24, 2.45) is 5.84 Å². The molecule has 0 aromatic carbocycles. The lowest BCUT2D eigenvalue weighted by Gasteiger charge is -2.14. The zero-order chi connectivity index (χ0) is 14.5. The van der Waals surface area contributed by atoms with Gasteiger partial charge in [0, 0.05) is 24.4 Å². The summed E-state index contributed by atoms with van der Waals surface area (Å²) in [6.45, 7) is 6.64. The van der Waals surface area contributed by atoms with Crippen molar-refractivity contribution in [3.05, 3.63) is 23.6 Å². The SMILES string of the molecule is Cc1c(NN)nc(C(C)C)nc1NCCc1ncon1. The highest BCUT2D eigenvalue weighted by atomic mass is 16.5. The van der Waals surface area contributed by atoms with Crippen molar-refractivity contribution in [1.29, 1.82) is 0 Å². The molecule has 0 saturated carbocycles. The monoisotopic (exact) mass is 277 g/mol. The summed E-state index contributed by atoms with van der Waals surface area (Å²) in [6, 6.07) is 0. The largest absolute Gasteiger partial charge is 0.369 e. The molecule has 0 spiro atoms. The first-order chi connectivity index (χ1) is 9.61. The number of rotatable bonds is 6. The molecule has 0 aliphatic heterocycles. The van der Waals surface area contributed by atoms with Crippen LogP contribution in [0, 0.1) is 6.92 Å². The van der Waals surface area contributed by atoms with E-state index < -0.39 is 0 Å². The van der Waals surface area contributed by atoms with Gasteiger partial charge in [-0.1, -0.05) is 19.0 Å². The molecule has 2 heterocycles. The number of nitrogens with one attached hydrogen (secondary N) is 2. The average molecular weight is 277 g/mol. The summed E-state index contributed by atoms with van der Waals surface area (Å²) < 4.78 is 4.69. The van der Waals surface area contributed by atoms with E-state index in [1.165, 1.54) is 6.39 Å². The third-order valence-electron chi connectivity index (χ3n) is 2.86. The van der Waals surface area contributed by atoms with Gasteiger partial charge in [-0.25, -0.2) is 15.8 Å². The Hall–Kier alpha value is -2.22. The third kappa shape index (κ3) is 3.21. The van der Waals surface area contributed by atoms with Gasteiger partial charge in [-0.15, -0.1) is 0 Å². The Labute approximate surface area is 117 Å². The molecule has 0 amide bonds. The van der Waals surface area contributed by atoms with E-state index in [1.807, 2.05) is 20.8 Å². The van der Waals surface area contributed by atoms with Crippen LogP contribution in [-0.2, 0) is 6.42 Å². The first-order valence-electron chi connectivity index (χ1n) is 6.46. The maximum Gasteiger partial charge on any atom is 0.213 e. The van der Waals surface area contributed by atoms with Crippen molar-refractivity contribution in [2.75, 3.05) is 17.3 Å². The minimum atomic E-state index is 0.223. The van der Waals surface area contributed by atoms with E-state index in [4.69, 9.17) is 5.84 Å². The first kappa shape index (κ1) is 14.2. The minimum absolute atomic E-state index is 0.223. The molecule has 4 N–H and O–H groups in total. The normalized spacial score (nSPS) is 10.8. The maximum atomic E-state index is 5.49. The number of anilines is 2. The molecule has 0 radical (unpaired) electrons. The summed E-state index contributed by atoms with van der Waals surface area (Å²) in [4.78, 5) is 12.9. The zero-order valence-corrected chi connectivity index (χ0v) is 11.8. The molecule has 0 atom stereocenters. The molecule has 108 valence electrons. The fourth-order valence-corrected chi connectivity index (χ4v) is 1.70. The van der Waals surface area contributed by atoms with Crippen LogP contribution in [0.3, 0.4) is 0 Å². The van der Waals surface area contributed by atoms with Crippen molar-refractivity contribution >= 4 is 11.6 Å². The molecule has 0 bridgehead atoms. The second kappa shape index (κ2) is 6.29. The lowest BCUT2D eigenvalue weighted by molar-refractivity contribution is 0.410. The van der Waals surface area contributed by atoms with E-state index in [0.29, 0.717) is 24.6 Å². The van der Waals surface area contributed by atoms with Crippen LogP contribution in [-0.4, -0.2) is 26.7 Å². The predicted octanol–water partition coefficient (Wildman–Crippen LogP) is 1.23. The lowest BCUT2D eigenvalue weighted by atomic mass is 10.2. The second-order valence-corrected chi connectivity index (χ2v) is 4.73. The maximum absolute atomic E-state index is 5.49. The lowest BCUT2D eigenvalue weighted by Crippen LogP contribution is -2.16. The van der Waals surface area contributed by atoms with E-state index in [-0.39, 0.29) is 5.92 Å². The minimum Gasteiger partial charge on any atom is -0.369 e. The van der Waals surface area contributed by atoms with Crippen LogP contribution < -0.4 is 16.6 Å². The van der Waals surface area contributed by atoms with Gasteiger partial charge in [0.05, 0.1) is 0 Å². The highest BCUT2D eigenvalue weighted by Crippen LogP contribution is 2.22. The van der Waals surface area contributed by atoms with Crippen LogP contribution in [0.1, 0.15) is 37.0 Å². The molecule has 0 saturated heterocycles. The summed E-state index contributed by atoms with van der Waals surface area (Å²) in [5, 5.41) is 7.01. The van der Waals surface area contributed by atoms with E-state index in [0.717, 1.165) is 17.2 Å². The Balaban J connectivity index is 2.11. The summed E-state index contributed by atoms with van der Waals surface area (Å²) in [6.07, 6.45) is 1.97. The Morgan fingerprint density at radius 1 is 1.30 bits per heavy atom. The number of hydrogen-bond acceptors (Lipinski definition) is 8. The molecule has 2 aromatic rings. The molecule has 0 unspecified atom stereocenters. The summed E-state index contributed by atoms with van der Waals surface area (Å²) in [7, 11) is 0. The number of hydrogen-bond donors (Lipinski definition) is 3. The number of nitrogen functional groups attached to an aromatic ring is 1. The smallest absolute Gasteiger partial charge is 0.213 e. The van der Waals surface area contributed by atoms with Gasteiger partial charge in [0.25, 0.3) is 0 Å². The fraction of sp³-hybridized carbons (Fsp3) is 0.500. The molecule has 0 fully saturated rings. The highest BCUT2D eigenvalue weighted by molar-refractivity contribution is 5.56. The van der Waals surface area contributed by atoms with E-state index in [1.54, 1.807) is 0 Å².